The number of aliphatic hydroxyl groups excluding tert-OH is 1. The van der Waals surface area contributed by atoms with Gasteiger partial charge in [0.1, 0.15) is 0 Å². The molecule has 0 spiro atoms. The van der Waals surface area contributed by atoms with Gasteiger partial charge in [0.05, 0.1) is 9.52 Å². The summed E-state index contributed by atoms with van der Waals surface area (Å²) in [6, 6.07) is 0.941. The van der Waals surface area contributed by atoms with Gasteiger partial charge in [-0.15, -0.1) is 0 Å². The molecule has 1 N–H and O–H groups in total. The van der Waals surface area contributed by atoms with Crippen molar-refractivity contribution in [3.8, 4) is 0 Å². The van der Waals surface area contributed by atoms with Crippen LogP contribution in [0.4, 0.5) is 0 Å². The third-order valence-corrected chi connectivity index (χ3v) is 4.77. The molecule has 0 aromatic rings. The van der Waals surface area contributed by atoms with Crippen LogP contribution in [0.3, 0.4) is 0 Å². The second-order valence-electron chi connectivity index (χ2n) is 4.02. The number of carbonyl (C=O) groups excluding carboxylic acids is 1. The molecular weight excluding hydrogens is 224 g/mol. The van der Waals surface area contributed by atoms with Gasteiger partial charge in [-0.05, 0) is 19.3 Å². The second-order valence-corrected chi connectivity index (χ2v) is 6.21. The van der Waals surface area contributed by atoms with E-state index in [0.717, 1.165) is 25.1 Å². The monoisotopic (exact) mass is 244 g/mol. The van der Waals surface area contributed by atoms with E-state index < -0.39 is 12.3 Å². The zero-order chi connectivity index (χ0) is 11.8. The fourth-order valence-corrected chi connectivity index (χ4v) is 3.75. The van der Waals surface area contributed by atoms with E-state index in [0.29, 0.717) is 12.1 Å². The van der Waals surface area contributed by atoms with Gasteiger partial charge in [-0.3, -0.25) is 0 Å². The Morgan fingerprint density at radius 1 is 1.69 bits per heavy atom. The summed E-state index contributed by atoms with van der Waals surface area (Å²) in [5.74, 6) is -0.567. The molecule has 0 radical (unpaired) electrons. The van der Waals surface area contributed by atoms with Gasteiger partial charge in [0.25, 0.3) is 0 Å². The van der Waals surface area contributed by atoms with E-state index >= 15 is 0 Å². The first-order chi connectivity index (χ1) is 7.72. The van der Waals surface area contributed by atoms with Gasteiger partial charge in [0, 0.05) is 24.8 Å². The molecule has 1 saturated heterocycles. The number of rotatable bonds is 6. The van der Waals surface area contributed by atoms with Crippen molar-refractivity contribution in [1.82, 2.24) is 0 Å². The second kappa shape index (κ2) is 7.59. The lowest BCUT2D eigenvalue weighted by Gasteiger charge is -2.22. The van der Waals surface area contributed by atoms with Crippen molar-refractivity contribution < 1.29 is 19.4 Å². The van der Waals surface area contributed by atoms with Crippen molar-refractivity contribution in [3.63, 3.8) is 0 Å². The lowest BCUT2D eigenvalue weighted by Crippen LogP contribution is -2.26. The predicted molar refractivity (Wildman–Crippen MR) is 63.9 cm³/mol. The summed E-state index contributed by atoms with van der Waals surface area (Å²) < 4.78 is 10.3. The zero-order valence-electron chi connectivity index (χ0n) is 9.56. The van der Waals surface area contributed by atoms with Crippen molar-refractivity contribution in [1.29, 1.82) is 0 Å². The van der Waals surface area contributed by atoms with Gasteiger partial charge < -0.3 is 14.6 Å². The van der Waals surface area contributed by atoms with Crippen LogP contribution in [0.15, 0.2) is 12.7 Å². The molecule has 1 aliphatic rings. The number of carbonyl (C=O) groups is 1. The maximum atomic E-state index is 10.8. The van der Waals surface area contributed by atoms with Gasteiger partial charge in [-0.2, -0.15) is 0 Å². The van der Waals surface area contributed by atoms with Crippen molar-refractivity contribution >= 4 is 15.5 Å². The minimum absolute atomic E-state index is 0.317. The lowest BCUT2D eigenvalue weighted by atomic mass is 10.2. The molecule has 1 aliphatic heterocycles. The van der Waals surface area contributed by atoms with E-state index in [2.05, 4.69) is 11.3 Å². The normalized spacial score (nSPS) is 23.2. The summed E-state index contributed by atoms with van der Waals surface area (Å²) in [5.41, 5.74) is 0.455. The Hall–Kier alpha value is -0.653. The number of hydrogen-bond acceptors (Lipinski definition) is 4. The predicted octanol–water partition coefficient (Wildman–Crippen LogP) is 0.538. The minimum atomic E-state index is -0.985. The van der Waals surface area contributed by atoms with Crippen LogP contribution in [-0.4, -0.2) is 39.2 Å². The largest absolute Gasteiger partial charge is 0.433 e. The molecule has 1 heterocycles. The Kier molecular flexibility index (Phi) is 6.36. The summed E-state index contributed by atoms with van der Waals surface area (Å²) in [6.45, 7) is 4.15. The van der Waals surface area contributed by atoms with Crippen LogP contribution in [0.5, 0.6) is 0 Å². The smallest absolute Gasteiger partial charge is 0.332 e. The van der Waals surface area contributed by atoms with Gasteiger partial charge in [-0.1, -0.05) is 12.6 Å². The van der Waals surface area contributed by atoms with E-state index in [1.54, 1.807) is 0 Å². The highest BCUT2D eigenvalue weighted by Crippen LogP contribution is 2.13. The first-order valence-electron chi connectivity index (χ1n) is 5.85. The van der Waals surface area contributed by atoms with Crippen LogP contribution in [0.2, 0.25) is 6.04 Å². The van der Waals surface area contributed by atoms with Gasteiger partial charge >= 0.3 is 5.97 Å². The first-order valence-corrected chi connectivity index (χ1v) is 7.66. The average molecular weight is 244 g/mol. The SMILES string of the molecule is C=CC(=O)OC(O)CC[SiH2]C1CCCCO1. The molecule has 5 heteroatoms. The van der Waals surface area contributed by atoms with Crippen LogP contribution in [-0.2, 0) is 14.3 Å². The third-order valence-electron chi connectivity index (χ3n) is 2.67. The topological polar surface area (TPSA) is 55.8 Å². The molecule has 0 aromatic carbocycles. The molecule has 4 nitrogen and oxygen atoms in total. The van der Waals surface area contributed by atoms with Crippen molar-refractivity contribution in [2.45, 2.75) is 43.7 Å². The lowest BCUT2D eigenvalue weighted by molar-refractivity contribution is -0.161. The highest BCUT2D eigenvalue weighted by atomic mass is 28.2. The molecule has 1 rings (SSSR count). The maximum absolute atomic E-state index is 10.8. The van der Waals surface area contributed by atoms with E-state index in [9.17, 15) is 9.90 Å². The molecular formula is C11H20O4Si. The van der Waals surface area contributed by atoms with Gasteiger partial charge in [-0.25, -0.2) is 4.79 Å². The Morgan fingerprint density at radius 3 is 3.12 bits per heavy atom. The first kappa shape index (κ1) is 13.4. The molecule has 2 unspecified atom stereocenters. The fourth-order valence-electron chi connectivity index (χ4n) is 1.80. The summed E-state index contributed by atoms with van der Waals surface area (Å²) in [5, 5.41) is 9.37. The van der Waals surface area contributed by atoms with Crippen LogP contribution >= 0.6 is 0 Å². The van der Waals surface area contributed by atoms with Crippen LogP contribution in [0.25, 0.3) is 0 Å². The molecule has 0 saturated carbocycles. The highest BCUT2D eigenvalue weighted by molar-refractivity contribution is 6.37. The minimum Gasteiger partial charge on any atom is -0.433 e. The van der Waals surface area contributed by atoms with E-state index in [4.69, 9.17) is 4.74 Å². The summed E-state index contributed by atoms with van der Waals surface area (Å²) in [6.07, 6.45) is 4.18. The summed E-state index contributed by atoms with van der Waals surface area (Å²) in [4.78, 5) is 10.8. The number of aliphatic hydroxyl groups is 1. The fraction of sp³-hybridized carbons (Fsp3) is 0.727. The number of ether oxygens (including phenoxy) is 2. The Balaban J connectivity index is 2.05. The highest BCUT2D eigenvalue weighted by Gasteiger charge is 2.15. The van der Waals surface area contributed by atoms with Gasteiger partial charge in [0.15, 0.2) is 0 Å². The number of hydrogen-bond donors (Lipinski definition) is 1. The molecule has 0 aliphatic carbocycles. The zero-order valence-corrected chi connectivity index (χ0v) is 11.0. The third kappa shape index (κ3) is 5.44. The van der Waals surface area contributed by atoms with E-state index in [-0.39, 0.29) is 9.52 Å². The quantitative estimate of drug-likeness (QED) is 0.321. The molecule has 1 fully saturated rings. The summed E-state index contributed by atoms with van der Waals surface area (Å²) in [7, 11) is -0.317. The van der Waals surface area contributed by atoms with Crippen molar-refractivity contribution in [3.05, 3.63) is 12.7 Å². The standard InChI is InChI=1S/C11H20O4Si/c1-2-9(12)15-10(13)6-8-16-11-5-3-4-7-14-11/h2,10-11,13H,1,3-8,16H2. The van der Waals surface area contributed by atoms with Crippen LogP contribution in [0.1, 0.15) is 25.7 Å². The molecule has 0 amide bonds. The Labute approximate surface area is 98.5 Å². The van der Waals surface area contributed by atoms with Gasteiger partial charge in [0.2, 0.25) is 6.29 Å². The molecule has 16 heavy (non-hydrogen) atoms. The van der Waals surface area contributed by atoms with Crippen LogP contribution in [0, 0.1) is 0 Å². The Morgan fingerprint density at radius 2 is 2.50 bits per heavy atom. The van der Waals surface area contributed by atoms with Crippen LogP contribution < -0.4 is 0 Å². The molecule has 0 bridgehead atoms. The average Bonchev–Trinajstić information content (AvgIpc) is 2.30. The Bertz CT molecular complexity index is 226. The maximum Gasteiger partial charge on any atom is 0.332 e. The molecule has 92 valence electrons. The summed E-state index contributed by atoms with van der Waals surface area (Å²) >= 11 is 0. The van der Waals surface area contributed by atoms with E-state index in [1.165, 1.54) is 12.8 Å². The van der Waals surface area contributed by atoms with Crippen molar-refractivity contribution in [2.24, 2.45) is 0 Å². The molecule has 2 atom stereocenters. The van der Waals surface area contributed by atoms with Crippen molar-refractivity contribution in [2.75, 3.05) is 6.61 Å². The number of esters is 1. The molecule has 0 aromatic heterocycles. The van der Waals surface area contributed by atoms with E-state index in [1.807, 2.05) is 0 Å².